The molecule has 0 spiro atoms. The summed E-state index contributed by atoms with van der Waals surface area (Å²) in [4.78, 5) is 11.9. The highest BCUT2D eigenvalue weighted by molar-refractivity contribution is 5.78. The van der Waals surface area contributed by atoms with Gasteiger partial charge in [0.15, 0.2) is 18.2 Å². The first-order chi connectivity index (χ1) is 11.5. The lowest BCUT2D eigenvalue weighted by Crippen LogP contribution is -2.31. The largest absolute Gasteiger partial charge is 0.494 e. The molecule has 5 nitrogen and oxygen atoms in total. The Labute approximate surface area is 139 Å². The normalized spacial score (nSPS) is 11.2. The van der Waals surface area contributed by atoms with E-state index in [-0.39, 0.29) is 24.3 Å². The second-order valence-electron chi connectivity index (χ2n) is 5.11. The molecule has 6 heteroatoms. The Bertz CT molecular complexity index is 754. The third kappa shape index (κ3) is 4.46. The molecule has 0 bridgehead atoms. The number of nitriles is 1. The fraction of sp³-hybridized carbons (Fsp3) is 0.222. The second-order valence-corrected chi connectivity index (χ2v) is 5.11. The lowest BCUT2D eigenvalue weighted by atomic mass is 10.1. The quantitative estimate of drug-likeness (QED) is 0.885. The van der Waals surface area contributed by atoms with Crippen LogP contribution in [0.2, 0.25) is 0 Å². The van der Waals surface area contributed by atoms with Gasteiger partial charge in [-0.3, -0.25) is 4.79 Å². The van der Waals surface area contributed by atoms with Crippen LogP contribution in [0, 0.1) is 17.1 Å². The van der Waals surface area contributed by atoms with Crippen LogP contribution in [0.3, 0.4) is 0 Å². The summed E-state index contributed by atoms with van der Waals surface area (Å²) in [5, 5.41) is 11.4. The highest BCUT2D eigenvalue weighted by atomic mass is 19.1. The molecule has 0 unspecified atom stereocenters. The average Bonchev–Trinajstić information content (AvgIpc) is 2.60. The second kappa shape index (κ2) is 7.97. The monoisotopic (exact) mass is 328 g/mol. The minimum atomic E-state index is -0.482. The van der Waals surface area contributed by atoms with Gasteiger partial charge in [-0.1, -0.05) is 6.07 Å². The number of amides is 1. The Balaban J connectivity index is 1.89. The molecule has 0 fully saturated rings. The van der Waals surface area contributed by atoms with Crippen LogP contribution in [0.1, 0.15) is 24.1 Å². The van der Waals surface area contributed by atoms with Crippen molar-refractivity contribution < 1.29 is 18.7 Å². The molecule has 0 aliphatic carbocycles. The van der Waals surface area contributed by atoms with Crippen molar-refractivity contribution in [3.05, 3.63) is 59.4 Å². The Kier molecular flexibility index (Phi) is 5.74. The molecule has 2 aromatic rings. The number of methoxy groups -OCH3 is 1. The van der Waals surface area contributed by atoms with Crippen molar-refractivity contribution in [2.75, 3.05) is 13.7 Å². The molecule has 1 amide bonds. The first kappa shape index (κ1) is 17.3. The van der Waals surface area contributed by atoms with Crippen LogP contribution >= 0.6 is 0 Å². The summed E-state index contributed by atoms with van der Waals surface area (Å²) < 4.78 is 23.9. The SMILES string of the molecule is COc1ccc([C@@H](C)NC(=O)COc2ccc(C#N)cc2)cc1F. The molecule has 24 heavy (non-hydrogen) atoms. The summed E-state index contributed by atoms with van der Waals surface area (Å²) in [6, 6.07) is 12.6. The molecule has 0 aromatic heterocycles. The Hall–Kier alpha value is -3.07. The van der Waals surface area contributed by atoms with Gasteiger partial charge in [-0.2, -0.15) is 5.26 Å². The zero-order valence-corrected chi connectivity index (χ0v) is 13.4. The number of benzene rings is 2. The van der Waals surface area contributed by atoms with E-state index in [1.807, 2.05) is 6.07 Å². The Morgan fingerprint density at radius 3 is 2.58 bits per heavy atom. The van der Waals surface area contributed by atoms with E-state index in [4.69, 9.17) is 14.7 Å². The van der Waals surface area contributed by atoms with Gasteiger partial charge in [0.25, 0.3) is 5.91 Å². The maximum atomic E-state index is 13.7. The van der Waals surface area contributed by atoms with Crippen LogP contribution in [0.25, 0.3) is 0 Å². The van der Waals surface area contributed by atoms with E-state index in [9.17, 15) is 9.18 Å². The van der Waals surface area contributed by atoms with E-state index in [1.165, 1.54) is 19.2 Å². The van der Waals surface area contributed by atoms with Gasteiger partial charge in [0.05, 0.1) is 24.8 Å². The first-order valence-corrected chi connectivity index (χ1v) is 7.29. The molecule has 0 aliphatic heterocycles. The van der Waals surface area contributed by atoms with E-state index in [2.05, 4.69) is 5.32 Å². The van der Waals surface area contributed by atoms with E-state index in [0.717, 1.165) is 0 Å². The van der Waals surface area contributed by atoms with Gasteiger partial charge in [-0.25, -0.2) is 4.39 Å². The highest BCUT2D eigenvalue weighted by Gasteiger charge is 2.12. The van der Waals surface area contributed by atoms with Crippen molar-refractivity contribution in [1.29, 1.82) is 5.26 Å². The van der Waals surface area contributed by atoms with Crippen LogP contribution < -0.4 is 14.8 Å². The number of ether oxygens (including phenoxy) is 2. The number of carbonyl (C=O) groups excluding carboxylic acids is 1. The molecule has 0 aliphatic rings. The molecule has 2 rings (SSSR count). The standard InChI is InChI=1S/C18H17FN2O3/c1-12(14-5-8-17(23-2)16(19)9-14)21-18(22)11-24-15-6-3-13(10-20)4-7-15/h3-9,12H,11H2,1-2H3,(H,21,22)/t12-/m1/s1. The lowest BCUT2D eigenvalue weighted by molar-refractivity contribution is -0.123. The summed E-state index contributed by atoms with van der Waals surface area (Å²) >= 11 is 0. The molecule has 1 atom stereocenters. The first-order valence-electron chi connectivity index (χ1n) is 7.29. The molecular formula is C18H17FN2O3. The summed E-state index contributed by atoms with van der Waals surface area (Å²) in [6.45, 7) is 1.58. The topological polar surface area (TPSA) is 71.3 Å². The van der Waals surface area contributed by atoms with Crippen molar-refractivity contribution in [3.8, 4) is 17.6 Å². The van der Waals surface area contributed by atoms with Crippen molar-refractivity contribution in [2.24, 2.45) is 0 Å². The van der Waals surface area contributed by atoms with Crippen LogP contribution in [-0.2, 0) is 4.79 Å². The van der Waals surface area contributed by atoms with Gasteiger partial charge >= 0.3 is 0 Å². The molecule has 0 saturated heterocycles. The highest BCUT2D eigenvalue weighted by Crippen LogP contribution is 2.21. The van der Waals surface area contributed by atoms with Gasteiger partial charge < -0.3 is 14.8 Å². The van der Waals surface area contributed by atoms with Crippen molar-refractivity contribution in [2.45, 2.75) is 13.0 Å². The summed E-state index contributed by atoms with van der Waals surface area (Å²) in [6.07, 6.45) is 0. The summed E-state index contributed by atoms with van der Waals surface area (Å²) in [5.74, 6) is -0.165. The zero-order valence-electron chi connectivity index (χ0n) is 13.4. The molecule has 2 aromatic carbocycles. The van der Waals surface area contributed by atoms with Crippen LogP contribution in [0.15, 0.2) is 42.5 Å². The van der Waals surface area contributed by atoms with Crippen LogP contribution in [0.4, 0.5) is 4.39 Å². The minimum absolute atomic E-state index is 0.154. The third-order valence-electron chi connectivity index (χ3n) is 3.41. The molecule has 0 radical (unpaired) electrons. The number of hydrogen-bond acceptors (Lipinski definition) is 4. The predicted molar refractivity (Wildman–Crippen MR) is 86.2 cm³/mol. The molecule has 1 N–H and O–H groups in total. The maximum absolute atomic E-state index is 13.7. The number of nitrogens with one attached hydrogen (secondary N) is 1. The van der Waals surface area contributed by atoms with Gasteiger partial charge in [-0.05, 0) is 48.9 Å². The number of halogens is 1. The zero-order chi connectivity index (χ0) is 17.5. The molecule has 0 saturated carbocycles. The Morgan fingerprint density at radius 1 is 1.29 bits per heavy atom. The molecule has 0 heterocycles. The van der Waals surface area contributed by atoms with Crippen molar-refractivity contribution in [1.82, 2.24) is 5.32 Å². The summed E-state index contributed by atoms with van der Waals surface area (Å²) in [5.41, 5.74) is 1.14. The number of carbonyl (C=O) groups is 1. The van der Waals surface area contributed by atoms with E-state index < -0.39 is 5.82 Å². The summed E-state index contributed by atoms with van der Waals surface area (Å²) in [7, 11) is 1.39. The van der Waals surface area contributed by atoms with E-state index >= 15 is 0 Å². The Morgan fingerprint density at radius 2 is 2.00 bits per heavy atom. The van der Waals surface area contributed by atoms with Crippen LogP contribution in [-0.4, -0.2) is 19.6 Å². The lowest BCUT2D eigenvalue weighted by Gasteiger charge is -2.15. The van der Waals surface area contributed by atoms with Gasteiger partial charge in [0.2, 0.25) is 0 Å². The number of nitrogens with zero attached hydrogens (tertiary/aromatic N) is 1. The van der Waals surface area contributed by atoms with Crippen molar-refractivity contribution in [3.63, 3.8) is 0 Å². The fourth-order valence-corrected chi connectivity index (χ4v) is 2.09. The van der Waals surface area contributed by atoms with E-state index in [1.54, 1.807) is 37.3 Å². The van der Waals surface area contributed by atoms with Crippen molar-refractivity contribution >= 4 is 5.91 Å². The van der Waals surface area contributed by atoms with E-state index in [0.29, 0.717) is 16.9 Å². The molecular weight excluding hydrogens is 311 g/mol. The maximum Gasteiger partial charge on any atom is 0.258 e. The average molecular weight is 328 g/mol. The molecule has 124 valence electrons. The smallest absolute Gasteiger partial charge is 0.258 e. The fourth-order valence-electron chi connectivity index (χ4n) is 2.09. The third-order valence-corrected chi connectivity index (χ3v) is 3.41. The minimum Gasteiger partial charge on any atom is -0.494 e. The van der Waals surface area contributed by atoms with Gasteiger partial charge in [0, 0.05) is 0 Å². The number of rotatable bonds is 6. The predicted octanol–water partition coefficient (Wildman–Crippen LogP) is 2.96. The number of hydrogen-bond donors (Lipinski definition) is 1. The van der Waals surface area contributed by atoms with Gasteiger partial charge in [-0.15, -0.1) is 0 Å². The van der Waals surface area contributed by atoms with Gasteiger partial charge in [0.1, 0.15) is 5.75 Å². The van der Waals surface area contributed by atoms with Crippen LogP contribution in [0.5, 0.6) is 11.5 Å².